The van der Waals surface area contributed by atoms with Crippen LogP contribution in [0.5, 0.6) is 0 Å². The van der Waals surface area contributed by atoms with Crippen molar-refractivity contribution in [2.75, 3.05) is 31.1 Å². The summed E-state index contributed by atoms with van der Waals surface area (Å²) >= 11 is 5.99. The van der Waals surface area contributed by atoms with E-state index in [0.717, 1.165) is 22.4 Å². The maximum Gasteiger partial charge on any atom is 0.265 e. The highest BCUT2D eigenvalue weighted by atomic mass is 35.5. The van der Waals surface area contributed by atoms with Crippen LogP contribution in [0, 0.1) is 5.41 Å². The first-order valence-electron chi connectivity index (χ1n) is 13.8. The summed E-state index contributed by atoms with van der Waals surface area (Å²) in [4.78, 5) is 49.0. The molecule has 0 unspecified atom stereocenters. The molecule has 0 radical (unpaired) electrons. The van der Waals surface area contributed by atoms with Crippen LogP contribution in [0.4, 0.5) is 5.69 Å². The number of fused-ring (bicyclic) bond motifs is 1. The summed E-state index contributed by atoms with van der Waals surface area (Å²) in [7, 11) is 1.81. The molecule has 4 aromatic rings. The summed E-state index contributed by atoms with van der Waals surface area (Å²) in [6, 6.07) is 8.61. The van der Waals surface area contributed by atoms with Gasteiger partial charge >= 0.3 is 0 Å². The van der Waals surface area contributed by atoms with Crippen molar-refractivity contribution in [3.05, 3.63) is 75.4 Å². The number of aromatic nitrogens is 4. The van der Waals surface area contributed by atoms with Crippen LogP contribution in [0.1, 0.15) is 29.8 Å². The van der Waals surface area contributed by atoms with Gasteiger partial charge in [-0.25, -0.2) is 4.98 Å². The average Bonchev–Trinajstić information content (AvgIpc) is 3.36. The summed E-state index contributed by atoms with van der Waals surface area (Å²) in [5.41, 5.74) is 2.71. The van der Waals surface area contributed by atoms with Gasteiger partial charge in [-0.3, -0.25) is 23.6 Å². The molecule has 11 nitrogen and oxygen atoms in total. The number of carbonyl (C=O) groups is 2. The topological polar surface area (TPSA) is 126 Å². The Hall–Kier alpha value is -4.22. The van der Waals surface area contributed by atoms with E-state index in [0.29, 0.717) is 42.2 Å². The van der Waals surface area contributed by atoms with E-state index in [4.69, 9.17) is 11.6 Å². The van der Waals surface area contributed by atoms with Crippen LogP contribution >= 0.6 is 11.6 Å². The number of amides is 2. The van der Waals surface area contributed by atoms with Gasteiger partial charge in [0.05, 0.1) is 18.0 Å². The van der Waals surface area contributed by atoms with Crippen molar-refractivity contribution in [1.29, 1.82) is 0 Å². The number of benzene rings is 1. The number of likely N-dealkylation sites (tertiary alicyclic amines) is 1. The number of carbonyl (C=O) groups excluding carboxylic acids is 2. The number of nitrogens with one attached hydrogen (secondary N) is 1. The van der Waals surface area contributed by atoms with Crippen LogP contribution in [-0.4, -0.2) is 73.4 Å². The van der Waals surface area contributed by atoms with Crippen molar-refractivity contribution in [2.24, 2.45) is 12.5 Å². The molecular formula is C30H32ClN7O4. The lowest BCUT2D eigenvalue weighted by atomic mass is 9.84. The van der Waals surface area contributed by atoms with Gasteiger partial charge in [0.15, 0.2) is 0 Å². The summed E-state index contributed by atoms with van der Waals surface area (Å²) in [6.07, 6.45) is 4.73. The van der Waals surface area contributed by atoms with Crippen LogP contribution in [0.25, 0.3) is 22.2 Å². The molecule has 2 aliphatic rings. The highest BCUT2D eigenvalue weighted by Gasteiger charge is 2.37. The summed E-state index contributed by atoms with van der Waals surface area (Å²) in [5.74, 6) is -0.778. The lowest BCUT2D eigenvalue weighted by Crippen LogP contribution is -2.56. The average molecular weight is 590 g/mol. The number of aryl methyl sites for hydroxylation is 1. The number of hydrogen-bond acceptors (Lipinski definition) is 7. The molecule has 1 aromatic carbocycles. The fourth-order valence-corrected chi connectivity index (χ4v) is 5.77. The third-order valence-electron chi connectivity index (χ3n) is 7.78. The summed E-state index contributed by atoms with van der Waals surface area (Å²) in [5, 5.41) is 18.4. The van der Waals surface area contributed by atoms with Crippen LogP contribution in [-0.2, 0) is 24.9 Å². The van der Waals surface area contributed by atoms with Crippen molar-refractivity contribution < 1.29 is 14.7 Å². The second-order valence-corrected chi connectivity index (χ2v) is 12.3. The zero-order valence-corrected chi connectivity index (χ0v) is 24.4. The molecule has 2 amide bonds. The smallest absolute Gasteiger partial charge is 0.265 e. The first kappa shape index (κ1) is 27.9. The van der Waals surface area contributed by atoms with Crippen LogP contribution < -0.4 is 15.8 Å². The number of rotatable bonds is 7. The minimum atomic E-state index is -0.597. The van der Waals surface area contributed by atoms with Gasteiger partial charge in [-0.2, -0.15) is 5.10 Å². The number of β-amino-alcohol motifs (C(OH)–C–C–N with tert-alkyl or cyclic N) is 1. The van der Waals surface area contributed by atoms with E-state index in [9.17, 15) is 19.5 Å². The molecule has 42 heavy (non-hydrogen) atoms. The zero-order valence-electron chi connectivity index (χ0n) is 23.7. The molecule has 2 aliphatic heterocycles. The monoisotopic (exact) mass is 589 g/mol. The molecule has 12 heteroatoms. The number of aliphatic hydroxyl groups is 1. The highest BCUT2D eigenvalue weighted by molar-refractivity contribution is 6.30. The SMILES string of the molecule is Cn1cc(-c2cnc3c(cc(C(=O)NCc4ccc(Cl)cc4)c(=O)n3CC(=O)N3CC(C)(C)C3)c2N2CC(O)C2)cn1. The molecule has 218 valence electrons. The highest BCUT2D eigenvalue weighted by Crippen LogP contribution is 2.38. The van der Waals surface area contributed by atoms with Gasteiger partial charge in [0.25, 0.3) is 11.5 Å². The largest absolute Gasteiger partial charge is 0.389 e. The third-order valence-corrected chi connectivity index (χ3v) is 8.03. The van der Waals surface area contributed by atoms with Crippen molar-refractivity contribution in [3.63, 3.8) is 0 Å². The number of aliphatic hydroxyl groups excluding tert-OH is 1. The van der Waals surface area contributed by atoms with Gasteiger partial charge in [-0.1, -0.05) is 37.6 Å². The van der Waals surface area contributed by atoms with Gasteiger partial charge in [-0.05, 0) is 29.2 Å². The lowest BCUT2D eigenvalue weighted by Gasteiger charge is -2.45. The van der Waals surface area contributed by atoms with Crippen LogP contribution in [0.15, 0.2) is 53.7 Å². The predicted molar refractivity (Wildman–Crippen MR) is 159 cm³/mol. The van der Waals surface area contributed by atoms with E-state index < -0.39 is 17.6 Å². The van der Waals surface area contributed by atoms with Crippen molar-refractivity contribution >= 4 is 40.1 Å². The molecule has 2 N–H and O–H groups in total. The van der Waals surface area contributed by atoms with Crippen molar-refractivity contribution in [3.8, 4) is 11.1 Å². The molecule has 2 fully saturated rings. The van der Waals surface area contributed by atoms with E-state index in [2.05, 4.69) is 29.2 Å². The number of anilines is 1. The Balaban J connectivity index is 1.47. The number of nitrogens with zero attached hydrogens (tertiary/aromatic N) is 6. The molecule has 0 aliphatic carbocycles. The Morgan fingerprint density at radius 1 is 1.14 bits per heavy atom. The van der Waals surface area contributed by atoms with E-state index >= 15 is 0 Å². The molecular weight excluding hydrogens is 558 g/mol. The second-order valence-electron chi connectivity index (χ2n) is 11.9. The van der Waals surface area contributed by atoms with E-state index in [1.54, 1.807) is 52.3 Å². The Kier molecular flexibility index (Phi) is 7.02. The van der Waals surface area contributed by atoms with E-state index in [-0.39, 0.29) is 30.0 Å². The fourth-order valence-electron chi connectivity index (χ4n) is 5.64. The third kappa shape index (κ3) is 5.25. The minimum Gasteiger partial charge on any atom is -0.389 e. The van der Waals surface area contributed by atoms with Gasteiger partial charge in [0.1, 0.15) is 17.8 Å². The number of pyridine rings is 2. The van der Waals surface area contributed by atoms with Gasteiger partial charge in [0.2, 0.25) is 5.91 Å². The molecule has 3 aromatic heterocycles. The first-order valence-corrected chi connectivity index (χ1v) is 14.2. The number of hydrogen-bond donors (Lipinski definition) is 2. The zero-order chi connectivity index (χ0) is 29.8. The first-order chi connectivity index (χ1) is 20.0. The summed E-state index contributed by atoms with van der Waals surface area (Å²) < 4.78 is 2.98. The Morgan fingerprint density at radius 2 is 1.86 bits per heavy atom. The Bertz CT molecular complexity index is 1750. The predicted octanol–water partition coefficient (Wildman–Crippen LogP) is 2.43. The second kappa shape index (κ2) is 10.6. The van der Waals surface area contributed by atoms with Gasteiger partial charge in [0, 0.05) is 73.7 Å². The van der Waals surface area contributed by atoms with Crippen molar-refractivity contribution in [2.45, 2.75) is 33.0 Å². The Morgan fingerprint density at radius 3 is 2.48 bits per heavy atom. The van der Waals surface area contributed by atoms with Gasteiger partial charge in [-0.15, -0.1) is 0 Å². The minimum absolute atomic E-state index is 0.0223. The molecule has 0 bridgehead atoms. The standard InChI is InChI=1S/C30H32ClN7O4/c1-30(2)16-37(17-30)25(40)15-38-27-22(8-23(29(38)42)28(41)33-9-18-4-6-20(31)7-5-18)26(36-13-21(39)14-36)24(11-32-27)19-10-34-35(3)12-19/h4-8,10-12,21,39H,9,13-17H2,1-3H3,(H,33,41). The van der Waals surface area contributed by atoms with E-state index in [1.807, 2.05) is 18.1 Å². The fraction of sp³-hybridized carbons (Fsp3) is 0.367. The maximum absolute atomic E-state index is 13.9. The normalized spacial score (nSPS) is 16.3. The van der Waals surface area contributed by atoms with Crippen LogP contribution in [0.3, 0.4) is 0 Å². The summed E-state index contributed by atoms with van der Waals surface area (Å²) in [6.45, 7) is 6.05. The quantitative estimate of drug-likeness (QED) is 0.339. The molecule has 0 atom stereocenters. The Labute approximate surface area is 247 Å². The van der Waals surface area contributed by atoms with Crippen LogP contribution in [0.2, 0.25) is 5.02 Å². The molecule has 0 spiro atoms. The maximum atomic E-state index is 13.9. The molecule has 5 heterocycles. The molecule has 2 saturated heterocycles. The number of halogens is 1. The molecule has 0 saturated carbocycles. The van der Waals surface area contributed by atoms with Gasteiger partial charge < -0.3 is 20.2 Å². The van der Waals surface area contributed by atoms with E-state index in [1.165, 1.54) is 4.57 Å². The molecule has 6 rings (SSSR count). The van der Waals surface area contributed by atoms with Crippen molar-refractivity contribution in [1.82, 2.24) is 29.5 Å². The lowest BCUT2D eigenvalue weighted by molar-refractivity contribution is -0.142.